The molecule has 0 fully saturated rings. The number of nitrogens with zero attached hydrogens (tertiary/aromatic N) is 1. The van der Waals surface area contributed by atoms with Gasteiger partial charge in [0.2, 0.25) is 0 Å². The van der Waals surface area contributed by atoms with Crippen LogP contribution in [0.1, 0.15) is 19.4 Å². The van der Waals surface area contributed by atoms with Gasteiger partial charge in [-0.2, -0.15) is 0 Å². The van der Waals surface area contributed by atoms with Crippen molar-refractivity contribution in [3.05, 3.63) is 66.2 Å². The third-order valence-electron chi connectivity index (χ3n) is 4.74. The van der Waals surface area contributed by atoms with E-state index in [0.717, 1.165) is 22.1 Å². The van der Waals surface area contributed by atoms with Crippen molar-refractivity contribution in [3.8, 4) is 17.2 Å². The van der Waals surface area contributed by atoms with E-state index < -0.39 is 0 Å². The van der Waals surface area contributed by atoms with Crippen LogP contribution in [0.5, 0.6) is 17.2 Å². The Kier molecular flexibility index (Phi) is 6.95. The third kappa shape index (κ3) is 4.99. The molecule has 0 N–H and O–H groups in total. The topological polar surface area (TPSA) is 48.0 Å². The van der Waals surface area contributed by atoms with Crippen molar-refractivity contribution in [2.75, 3.05) is 26.9 Å². The standard InChI is InChI=1S/C24H27NO4/c1-4-25(16-18-13-14-22(28-5-2)23(15-18)27-3)24(26)17-29-21-12-8-10-19-9-6-7-11-20(19)21/h6-15H,4-5,16-17H2,1-3H3. The molecule has 1 amide bonds. The second-order valence-corrected chi connectivity index (χ2v) is 6.59. The van der Waals surface area contributed by atoms with Crippen molar-refractivity contribution < 1.29 is 19.0 Å². The van der Waals surface area contributed by atoms with Crippen molar-refractivity contribution in [2.45, 2.75) is 20.4 Å². The number of benzene rings is 3. The first-order valence-corrected chi connectivity index (χ1v) is 9.84. The van der Waals surface area contributed by atoms with Crippen LogP contribution in [-0.4, -0.2) is 37.7 Å². The summed E-state index contributed by atoms with van der Waals surface area (Å²) in [6.07, 6.45) is 0. The third-order valence-corrected chi connectivity index (χ3v) is 4.74. The number of ether oxygens (including phenoxy) is 3. The first kappa shape index (κ1) is 20.5. The van der Waals surface area contributed by atoms with E-state index in [1.54, 1.807) is 12.0 Å². The van der Waals surface area contributed by atoms with E-state index in [-0.39, 0.29) is 12.5 Å². The number of methoxy groups -OCH3 is 1. The highest BCUT2D eigenvalue weighted by Crippen LogP contribution is 2.29. The summed E-state index contributed by atoms with van der Waals surface area (Å²) in [5, 5.41) is 2.09. The average molecular weight is 393 g/mol. The monoisotopic (exact) mass is 393 g/mol. The summed E-state index contributed by atoms with van der Waals surface area (Å²) in [4.78, 5) is 14.5. The zero-order chi connectivity index (χ0) is 20.6. The predicted molar refractivity (Wildman–Crippen MR) is 115 cm³/mol. The summed E-state index contributed by atoms with van der Waals surface area (Å²) in [5.41, 5.74) is 0.977. The molecule has 3 aromatic rings. The van der Waals surface area contributed by atoms with E-state index in [9.17, 15) is 4.79 Å². The van der Waals surface area contributed by atoms with Gasteiger partial charge in [0.25, 0.3) is 5.91 Å². The van der Waals surface area contributed by atoms with E-state index in [4.69, 9.17) is 14.2 Å². The van der Waals surface area contributed by atoms with Gasteiger partial charge in [0.1, 0.15) is 5.75 Å². The minimum atomic E-state index is -0.0618. The van der Waals surface area contributed by atoms with Gasteiger partial charge in [0.05, 0.1) is 13.7 Å². The van der Waals surface area contributed by atoms with Gasteiger partial charge in [-0.05, 0) is 43.0 Å². The Morgan fingerprint density at radius 3 is 2.45 bits per heavy atom. The quantitative estimate of drug-likeness (QED) is 0.530. The van der Waals surface area contributed by atoms with Gasteiger partial charge in [-0.25, -0.2) is 0 Å². The Balaban J connectivity index is 1.67. The zero-order valence-corrected chi connectivity index (χ0v) is 17.2. The van der Waals surface area contributed by atoms with Crippen LogP contribution in [0.2, 0.25) is 0 Å². The fourth-order valence-electron chi connectivity index (χ4n) is 3.23. The lowest BCUT2D eigenvalue weighted by Crippen LogP contribution is -2.34. The molecule has 0 atom stereocenters. The number of amides is 1. The van der Waals surface area contributed by atoms with Crippen LogP contribution in [0.4, 0.5) is 0 Å². The molecule has 29 heavy (non-hydrogen) atoms. The number of fused-ring (bicyclic) bond motifs is 1. The molecule has 0 unspecified atom stereocenters. The highest BCUT2D eigenvalue weighted by molar-refractivity contribution is 5.88. The molecule has 0 radical (unpaired) electrons. The molecule has 0 aliphatic rings. The Morgan fingerprint density at radius 2 is 1.69 bits per heavy atom. The lowest BCUT2D eigenvalue weighted by molar-refractivity contribution is -0.133. The van der Waals surface area contributed by atoms with Crippen molar-refractivity contribution in [2.24, 2.45) is 0 Å². The SMILES string of the molecule is CCOc1ccc(CN(CC)C(=O)COc2cccc3ccccc23)cc1OC. The van der Waals surface area contributed by atoms with E-state index in [1.807, 2.05) is 74.5 Å². The molecular formula is C24H27NO4. The second-order valence-electron chi connectivity index (χ2n) is 6.59. The van der Waals surface area contributed by atoms with Crippen LogP contribution in [0.3, 0.4) is 0 Å². The molecule has 0 saturated carbocycles. The van der Waals surface area contributed by atoms with Crippen LogP contribution in [0, 0.1) is 0 Å². The molecule has 3 aromatic carbocycles. The number of carbonyl (C=O) groups excluding carboxylic acids is 1. The van der Waals surface area contributed by atoms with Gasteiger partial charge in [0.15, 0.2) is 18.1 Å². The minimum absolute atomic E-state index is 0.00396. The van der Waals surface area contributed by atoms with E-state index >= 15 is 0 Å². The highest BCUT2D eigenvalue weighted by Gasteiger charge is 2.15. The molecule has 5 nitrogen and oxygen atoms in total. The maximum atomic E-state index is 12.8. The first-order chi connectivity index (χ1) is 14.2. The minimum Gasteiger partial charge on any atom is -0.493 e. The van der Waals surface area contributed by atoms with E-state index in [0.29, 0.717) is 31.2 Å². The highest BCUT2D eigenvalue weighted by atomic mass is 16.5. The molecule has 152 valence electrons. The number of carbonyl (C=O) groups is 1. The van der Waals surface area contributed by atoms with Crippen LogP contribution in [-0.2, 0) is 11.3 Å². The molecule has 0 saturated heterocycles. The number of hydrogen-bond donors (Lipinski definition) is 0. The van der Waals surface area contributed by atoms with Gasteiger partial charge in [-0.3, -0.25) is 4.79 Å². The zero-order valence-electron chi connectivity index (χ0n) is 17.2. The molecule has 0 aliphatic carbocycles. The molecule has 3 rings (SSSR count). The van der Waals surface area contributed by atoms with Crippen molar-refractivity contribution >= 4 is 16.7 Å². The fourth-order valence-corrected chi connectivity index (χ4v) is 3.23. The second kappa shape index (κ2) is 9.82. The summed E-state index contributed by atoms with van der Waals surface area (Å²) >= 11 is 0. The van der Waals surface area contributed by atoms with Crippen molar-refractivity contribution in [1.29, 1.82) is 0 Å². The molecular weight excluding hydrogens is 366 g/mol. The maximum Gasteiger partial charge on any atom is 0.260 e. The Hall–Kier alpha value is -3.21. The summed E-state index contributed by atoms with van der Waals surface area (Å²) in [6.45, 7) is 5.53. The first-order valence-electron chi connectivity index (χ1n) is 9.84. The predicted octanol–water partition coefficient (Wildman–Crippen LogP) is 4.67. The maximum absolute atomic E-state index is 12.8. The van der Waals surface area contributed by atoms with Crippen LogP contribution in [0.15, 0.2) is 60.7 Å². The van der Waals surface area contributed by atoms with Gasteiger partial charge in [-0.15, -0.1) is 0 Å². The molecule has 0 aliphatic heterocycles. The molecule has 0 spiro atoms. The summed E-state index contributed by atoms with van der Waals surface area (Å²) in [6, 6.07) is 19.6. The lowest BCUT2D eigenvalue weighted by Gasteiger charge is -2.22. The van der Waals surface area contributed by atoms with Gasteiger partial charge < -0.3 is 19.1 Å². The van der Waals surface area contributed by atoms with Crippen LogP contribution >= 0.6 is 0 Å². The van der Waals surface area contributed by atoms with E-state index in [2.05, 4.69) is 0 Å². The van der Waals surface area contributed by atoms with E-state index in [1.165, 1.54) is 0 Å². The summed E-state index contributed by atoms with van der Waals surface area (Å²) in [7, 11) is 1.61. The number of likely N-dealkylation sites (N-methyl/N-ethyl adjacent to an activating group) is 1. The van der Waals surface area contributed by atoms with Gasteiger partial charge in [-0.1, -0.05) is 42.5 Å². The van der Waals surface area contributed by atoms with Gasteiger partial charge in [0, 0.05) is 18.5 Å². The fraction of sp³-hybridized carbons (Fsp3) is 0.292. The average Bonchev–Trinajstić information content (AvgIpc) is 2.76. The summed E-state index contributed by atoms with van der Waals surface area (Å²) in [5.74, 6) is 2.02. The Bertz CT molecular complexity index is 965. The van der Waals surface area contributed by atoms with Crippen molar-refractivity contribution in [3.63, 3.8) is 0 Å². The van der Waals surface area contributed by atoms with Gasteiger partial charge >= 0.3 is 0 Å². The van der Waals surface area contributed by atoms with Crippen molar-refractivity contribution in [1.82, 2.24) is 4.90 Å². The Labute approximate surface area is 171 Å². The van der Waals surface area contributed by atoms with Crippen LogP contribution in [0.25, 0.3) is 10.8 Å². The summed E-state index contributed by atoms with van der Waals surface area (Å²) < 4.78 is 16.8. The Morgan fingerprint density at radius 1 is 0.897 bits per heavy atom. The molecule has 0 aromatic heterocycles. The number of rotatable bonds is 9. The lowest BCUT2D eigenvalue weighted by atomic mass is 10.1. The number of hydrogen-bond acceptors (Lipinski definition) is 4. The largest absolute Gasteiger partial charge is 0.493 e. The normalized spacial score (nSPS) is 10.6. The molecule has 0 heterocycles. The van der Waals surface area contributed by atoms with Crippen LogP contribution < -0.4 is 14.2 Å². The smallest absolute Gasteiger partial charge is 0.260 e. The molecule has 5 heteroatoms. The molecule has 0 bridgehead atoms.